The first kappa shape index (κ1) is 18.0. The van der Waals surface area contributed by atoms with E-state index in [1.165, 1.54) is 6.07 Å². The fourth-order valence-electron chi connectivity index (χ4n) is 5.55. The summed E-state index contributed by atoms with van der Waals surface area (Å²) >= 11 is 0. The molecule has 0 radical (unpaired) electrons. The zero-order valence-corrected chi connectivity index (χ0v) is 17.2. The fourth-order valence-corrected chi connectivity index (χ4v) is 5.55. The number of imidazole rings is 1. The molecule has 0 saturated heterocycles. The van der Waals surface area contributed by atoms with Gasteiger partial charge in [-0.1, -0.05) is 50.2 Å². The minimum atomic E-state index is -4.47. The molecule has 0 saturated carbocycles. The van der Waals surface area contributed by atoms with Crippen LogP contribution in [-0.4, -0.2) is 14.4 Å². The quantitative estimate of drug-likeness (QED) is 0.193. The highest BCUT2D eigenvalue weighted by molar-refractivity contribution is 6.18. The lowest BCUT2D eigenvalue weighted by atomic mass is 9.73. The molecule has 3 aromatic heterocycles. The summed E-state index contributed by atoms with van der Waals surface area (Å²) in [5.41, 5.74) is 4.95. The zero-order chi connectivity index (χ0) is 22.0. The van der Waals surface area contributed by atoms with Gasteiger partial charge >= 0.3 is 6.18 Å². The molecule has 6 aromatic rings. The topological polar surface area (TPSA) is 30.2 Å². The number of para-hydroxylation sites is 1. The Morgan fingerprint density at radius 3 is 2.50 bits per heavy atom. The first-order valence-corrected chi connectivity index (χ1v) is 10.4. The normalized spacial score (nSPS) is 15.3. The molecule has 32 heavy (non-hydrogen) atoms. The Balaban J connectivity index is 1.88. The number of halogens is 3. The van der Waals surface area contributed by atoms with Crippen molar-refractivity contribution in [3.05, 3.63) is 77.5 Å². The van der Waals surface area contributed by atoms with Crippen LogP contribution < -0.4 is 0 Å². The Bertz CT molecular complexity index is 1790. The number of hydrogen-bond donors (Lipinski definition) is 0. The Labute approximate surface area is 180 Å². The summed E-state index contributed by atoms with van der Waals surface area (Å²) in [7, 11) is 0. The Morgan fingerprint density at radius 2 is 1.69 bits per heavy atom. The zero-order valence-electron chi connectivity index (χ0n) is 17.2. The van der Waals surface area contributed by atoms with Crippen molar-refractivity contribution in [2.45, 2.75) is 25.4 Å². The number of pyridine rings is 2. The second-order valence-electron chi connectivity index (χ2n) is 9.06. The summed E-state index contributed by atoms with van der Waals surface area (Å²) in [6.45, 7) is 4.41. The lowest BCUT2D eigenvalue weighted by Gasteiger charge is -2.33. The number of benzene rings is 3. The molecule has 0 amide bonds. The second-order valence-corrected chi connectivity index (χ2v) is 9.06. The van der Waals surface area contributed by atoms with Gasteiger partial charge in [-0.05, 0) is 40.1 Å². The molecule has 0 aliphatic carbocycles. The van der Waals surface area contributed by atoms with E-state index in [9.17, 15) is 13.2 Å². The summed E-state index contributed by atoms with van der Waals surface area (Å²) in [6, 6.07) is 17.4. The van der Waals surface area contributed by atoms with E-state index in [2.05, 4.69) is 35.4 Å². The third-order valence-electron chi connectivity index (χ3n) is 6.93. The smallest absolute Gasteiger partial charge is 0.291 e. The van der Waals surface area contributed by atoms with Crippen LogP contribution in [0.25, 0.3) is 49.3 Å². The van der Waals surface area contributed by atoms with Gasteiger partial charge in [0.2, 0.25) is 0 Å². The minimum absolute atomic E-state index is 0.318. The van der Waals surface area contributed by atoms with Gasteiger partial charge in [0, 0.05) is 22.4 Å². The first-order chi connectivity index (χ1) is 15.3. The molecule has 3 nitrogen and oxygen atoms in total. The number of fused-ring (bicyclic) bond motifs is 5. The van der Waals surface area contributed by atoms with Gasteiger partial charge in [-0.25, -0.2) is 4.98 Å². The maximum absolute atomic E-state index is 13.6. The largest absolute Gasteiger partial charge is 0.417 e. The SMILES string of the molecule is CC1(C)c2cccc3nc4c5cc(C(F)(F)F)cnc5c5cc6ccccc6c1c5n4c23. The predicted molar refractivity (Wildman–Crippen MR) is 120 cm³/mol. The minimum Gasteiger partial charge on any atom is -0.291 e. The van der Waals surface area contributed by atoms with E-state index < -0.39 is 11.7 Å². The third-order valence-corrected chi connectivity index (χ3v) is 6.93. The highest BCUT2D eigenvalue weighted by Gasteiger charge is 2.37. The molecule has 1 aliphatic heterocycles. The van der Waals surface area contributed by atoms with Crippen LogP contribution in [0, 0.1) is 0 Å². The van der Waals surface area contributed by atoms with Gasteiger partial charge in [0.1, 0.15) is 5.65 Å². The Hall–Kier alpha value is -3.67. The van der Waals surface area contributed by atoms with Crippen molar-refractivity contribution in [1.82, 2.24) is 14.4 Å². The van der Waals surface area contributed by atoms with E-state index in [-0.39, 0.29) is 5.41 Å². The average molecular weight is 427 g/mol. The summed E-state index contributed by atoms with van der Waals surface area (Å²) in [4.78, 5) is 9.15. The monoisotopic (exact) mass is 427 g/mol. The van der Waals surface area contributed by atoms with Gasteiger partial charge in [0.25, 0.3) is 0 Å². The van der Waals surface area contributed by atoms with Crippen LogP contribution in [0.2, 0.25) is 0 Å². The van der Waals surface area contributed by atoms with E-state index in [1.54, 1.807) is 0 Å². The number of aromatic nitrogens is 3. The summed E-state index contributed by atoms with van der Waals surface area (Å²) in [5, 5.41) is 3.43. The van der Waals surface area contributed by atoms with E-state index in [0.717, 1.165) is 50.0 Å². The lowest BCUT2D eigenvalue weighted by molar-refractivity contribution is -0.137. The van der Waals surface area contributed by atoms with E-state index >= 15 is 0 Å². The van der Waals surface area contributed by atoms with Crippen LogP contribution >= 0.6 is 0 Å². The van der Waals surface area contributed by atoms with Crippen molar-refractivity contribution in [2.24, 2.45) is 0 Å². The van der Waals surface area contributed by atoms with Crippen molar-refractivity contribution < 1.29 is 13.2 Å². The van der Waals surface area contributed by atoms with Crippen LogP contribution in [0.5, 0.6) is 0 Å². The van der Waals surface area contributed by atoms with Crippen LogP contribution in [0.1, 0.15) is 30.5 Å². The molecular formula is C26H16F3N3. The molecule has 0 spiro atoms. The molecule has 0 atom stereocenters. The van der Waals surface area contributed by atoms with Gasteiger partial charge in [-0.15, -0.1) is 0 Å². The van der Waals surface area contributed by atoms with Crippen LogP contribution in [-0.2, 0) is 11.6 Å². The molecule has 3 aromatic carbocycles. The van der Waals surface area contributed by atoms with Crippen LogP contribution in [0.4, 0.5) is 13.2 Å². The average Bonchev–Trinajstić information content (AvgIpc) is 3.16. The van der Waals surface area contributed by atoms with Crippen LogP contribution in [0.3, 0.4) is 0 Å². The standard InChI is InChI=1S/C26H16F3N3/c1-25(2)18-8-5-9-19-23(18)32-22-16(10-13-6-3-4-7-15(13)20(22)25)21-17(24(32)31-19)11-14(12-30-21)26(27,28)29/h3-12H,1-2H3. The first-order valence-electron chi connectivity index (χ1n) is 10.4. The van der Waals surface area contributed by atoms with Crippen molar-refractivity contribution >= 4 is 49.3 Å². The number of rotatable bonds is 0. The lowest BCUT2D eigenvalue weighted by Crippen LogP contribution is -2.24. The molecule has 0 unspecified atom stereocenters. The van der Waals surface area contributed by atoms with E-state index in [0.29, 0.717) is 16.6 Å². The van der Waals surface area contributed by atoms with Gasteiger partial charge in [0.15, 0.2) is 0 Å². The van der Waals surface area contributed by atoms with E-state index in [4.69, 9.17) is 4.98 Å². The highest BCUT2D eigenvalue weighted by atomic mass is 19.4. The van der Waals surface area contributed by atoms with E-state index in [1.807, 2.05) is 36.4 Å². The van der Waals surface area contributed by atoms with Gasteiger partial charge < -0.3 is 0 Å². The summed E-state index contributed by atoms with van der Waals surface area (Å²) in [6.07, 6.45) is -3.55. The molecule has 0 N–H and O–H groups in total. The Kier molecular flexibility index (Phi) is 3.02. The number of hydrogen-bond acceptors (Lipinski definition) is 2. The summed E-state index contributed by atoms with van der Waals surface area (Å²) in [5.74, 6) is 0. The van der Waals surface area contributed by atoms with Gasteiger partial charge in [-0.2, -0.15) is 13.2 Å². The highest BCUT2D eigenvalue weighted by Crippen LogP contribution is 2.49. The molecule has 7 rings (SSSR count). The van der Waals surface area contributed by atoms with Crippen molar-refractivity contribution in [1.29, 1.82) is 0 Å². The van der Waals surface area contributed by atoms with Crippen molar-refractivity contribution in [2.75, 3.05) is 0 Å². The maximum atomic E-state index is 13.6. The van der Waals surface area contributed by atoms with Crippen molar-refractivity contribution in [3.63, 3.8) is 0 Å². The summed E-state index contributed by atoms with van der Waals surface area (Å²) < 4.78 is 42.7. The number of nitrogens with zero attached hydrogens (tertiary/aromatic N) is 3. The molecule has 156 valence electrons. The van der Waals surface area contributed by atoms with Gasteiger partial charge in [-0.3, -0.25) is 9.38 Å². The second kappa shape index (κ2) is 5.38. The molecule has 6 heteroatoms. The molecule has 4 heterocycles. The fraction of sp³-hybridized carbons (Fsp3) is 0.154. The molecule has 0 bridgehead atoms. The maximum Gasteiger partial charge on any atom is 0.417 e. The predicted octanol–water partition coefficient (Wildman–Crippen LogP) is 7.00. The molecular weight excluding hydrogens is 411 g/mol. The van der Waals surface area contributed by atoms with Crippen LogP contribution in [0.15, 0.2) is 60.8 Å². The Morgan fingerprint density at radius 1 is 0.875 bits per heavy atom. The molecule has 1 aliphatic rings. The van der Waals surface area contributed by atoms with Gasteiger partial charge in [0.05, 0.1) is 27.6 Å². The molecule has 0 fully saturated rings. The van der Waals surface area contributed by atoms with Crippen molar-refractivity contribution in [3.8, 4) is 0 Å². The number of alkyl halides is 3. The third kappa shape index (κ3) is 1.98.